The molecule has 1 aromatic carbocycles. The summed E-state index contributed by atoms with van der Waals surface area (Å²) >= 11 is 0.848. The first-order valence-corrected chi connectivity index (χ1v) is 23.7. The minimum absolute atomic E-state index is 0.0169. The number of nitrogens with one attached hydrogen (secondary N) is 2. The van der Waals surface area contributed by atoms with Gasteiger partial charge in [0.2, 0.25) is 11.8 Å². The summed E-state index contributed by atoms with van der Waals surface area (Å²) in [6, 6.07) is 8.83. The van der Waals surface area contributed by atoms with Crippen molar-refractivity contribution in [2.24, 2.45) is 11.3 Å². The molecule has 1 aliphatic rings. The third-order valence-corrected chi connectivity index (χ3v) is 12.9. The third kappa shape index (κ3) is 15.2. The Morgan fingerprint density at radius 2 is 1.69 bits per heavy atom. The Hall–Kier alpha value is -3.75. The first-order chi connectivity index (χ1) is 28.9. The van der Waals surface area contributed by atoms with Crippen molar-refractivity contribution in [2.75, 3.05) is 37.8 Å². The summed E-state index contributed by atoms with van der Waals surface area (Å²) in [7, 11) is -16.5. The molecule has 3 heterocycles. The highest BCUT2D eigenvalue weighted by Gasteiger charge is 2.50. The molecule has 0 spiro atoms. The normalized spacial score (nSPS) is 21.1. The number of benzene rings is 1. The van der Waals surface area contributed by atoms with Crippen molar-refractivity contribution in [1.29, 1.82) is 0 Å². The summed E-state index contributed by atoms with van der Waals surface area (Å²) in [6.07, 6.45) is -7.43. The van der Waals surface area contributed by atoms with E-state index in [4.69, 9.17) is 19.5 Å². The summed E-state index contributed by atoms with van der Waals surface area (Å²) in [6.45, 7) is 0.130. The van der Waals surface area contributed by atoms with Crippen molar-refractivity contribution >= 4 is 75.1 Å². The molecule has 0 saturated carbocycles. The minimum Gasteiger partial charge on any atom is -0.550 e. The van der Waals surface area contributed by atoms with Gasteiger partial charge in [-0.2, -0.15) is 4.31 Å². The molecule has 1 aliphatic heterocycles. The SMILES string of the molecule is CC(C)(COP(=O)(O)OP(=O)(O)OC[C@H]1O[C@@H](n2cnc3c(N)ncnc32)[C@H](O)[C@@H]1OP(=O)(O)O)[C@@H](O)C(=O)NCCC(=O)NCCSC(=O)C(CC(=O)[O-])Cc1ccccc1. The van der Waals surface area contributed by atoms with E-state index in [2.05, 4.69) is 34.4 Å². The number of anilines is 1. The van der Waals surface area contributed by atoms with Crippen molar-refractivity contribution in [3.8, 4) is 0 Å². The molecule has 0 bridgehead atoms. The van der Waals surface area contributed by atoms with Crippen molar-refractivity contribution in [3.05, 3.63) is 48.5 Å². The lowest BCUT2D eigenvalue weighted by atomic mass is 9.87. The van der Waals surface area contributed by atoms with Gasteiger partial charge in [-0.3, -0.25) is 32.5 Å². The Morgan fingerprint density at radius 3 is 2.35 bits per heavy atom. The number of aromatic nitrogens is 4. The number of fused-ring (bicyclic) bond motifs is 1. The number of ether oxygens (including phenoxy) is 1. The number of carbonyl (C=O) groups is 4. The number of aliphatic hydroxyl groups excluding tert-OH is 2. The number of hydrogen-bond acceptors (Lipinski definition) is 20. The van der Waals surface area contributed by atoms with Gasteiger partial charge in [0.15, 0.2) is 22.8 Å². The van der Waals surface area contributed by atoms with E-state index in [1.54, 1.807) is 30.3 Å². The Labute approximate surface area is 356 Å². The number of nitrogen functional groups attached to an aromatic ring is 1. The molecule has 10 N–H and O–H groups in total. The number of hydrogen-bond donors (Lipinski definition) is 9. The highest BCUT2D eigenvalue weighted by molar-refractivity contribution is 8.13. The number of amides is 2. The van der Waals surface area contributed by atoms with Crippen LogP contribution in [0.25, 0.3) is 11.2 Å². The number of nitrogens with zero attached hydrogens (tertiary/aromatic N) is 4. The van der Waals surface area contributed by atoms with Gasteiger partial charge in [0.25, 0.3) is 0 Å². The van der Waals surface area contributed by atoms with E-state index in [0.29, 0.717) is 0 Å². The van der Waals surface area contributed by atoms with Crippen LogP contribution in [0, 0.1) is 11.3 Å². The van der Waals surface area contributed by atoms with E-state index in [9.17, 15) is 67.8 Å². The fraction of sp³-hybridized carbons (Fsp3) is 0.531. The molecule has 30 heteroatoms. The quantitative estimate of drug-likeness (QED) is 0.0371. The van der Waals surface area contributed by atoms with E-state index in [-0.39, 0.29) is 53.8 Å². The maximum Gasteiger partial charge on any atom is 0.481 e. The highest BCUT2D eigenvalue weighted by Crippen LogP contribution is 2.61. The zero-order chi connectivity index (χ0) is 46.0. The van der Waals surface area contributed by atoms with E-state index >= 15 is 0 Å². The van der Waals surface area contributed by atoms with E-state index in [1.165, 1.54) is 13.8 Å². The van der Waals surface area contributed by atoms with Crippen LogP contribution in [0.2, 0.25) is 0 Å². The van der Waals surface area contributed by atoms with Crippen LogP contribution in [0.1, 0.15) is 38.5 Å². The van der Waals surface area contributed by atoms with Crippen LogP contribution in [0.15, 0.2) is 43.0 Å². The fourth-order valence-electron chi connectivity index (χ4n) is 5.74. The van der Waals surface area contributed by atoms with Crippen molar-refractivity contribution in [1.82, 2.24) is 30.2 Å². The number of imidazole rings is 1. The maximum atomic E-state index is 12.7. The van der Waals surface area contributed by atoms with E-state index in [1.807, 2.05) is 0 Å². The molecule has 4 rings (SSSR count). The van der Waals surface area contributed by atoms with Gasteiger partial charge in [0.1, 0.15) is 36.3 Å². The summed E-state index contributed by atoms with van der Waals surface area (Å²) < 4.78 is 62.2. The number of nitrogens with two attached hydrogens (primary N) is 1. The number of thioether (sulfide) groups is 1. The number of phosphoric acid groups is 3. The summed E-state index contributed by atoms with van der Waals surface area (Å²) in [5.74, 6) is -3.69. The number of aliphatic carboxylic acids is 1. The predicted molar refractivity (Wildman–Crippen MR) is 210 cm³/mol. The fourth-order valence-corrected chi connectivity index (χ4v) is 9.37. The molecule has 0 radical (unpaired) electrons. The number of carbonyl (C=O) groups excluding carboxylic acids is 4. The van der Waals surface area contributed by atoms with Gasteiger partial charge in [-0.05, 0) is 18.4 Å². The van der Waals surface area contributed by atoms with Crippen LogP contribution in [0.3, 0.4) is 0 Å². The molecule has 2 aromatic heterocycles. The standard InChI is InChI=1S/C32H46N7O19P3S/c1-32(2,26(44)29(45)35-9-8-21(40)34-10-11-62-31(46)19(13-22(41)42)12-18-6-4-3-5-7-18)15-55-61(52,53)58-60(50,51)54-14-20-25(57-59(47,48)49)24(43)30(56-20)39-17-38-23-27(33)36-16-37-28(23)39/h3-7,16-17,19-20,24-26,30,43-44H,8-15H2,1-2H3,(H,34,40)(H,35,45)(H,41,42)(H,50,51)(H,52,53)(H2,33,36,37)(H2,47,48,49)/p-1/t19?,20-,24-,25-,26+,30-/m1/s1. The molecule has 26 nitrogen and oxygen atoms in total. The number of phosphoric ester groups is 3. The zero-order valence-electron chi connectivity index (χ0n) is 32.8. The van der Waals surface area contributed by atoms with Gasteiger partial charge in [0, 0.05) is 42.6 Å². The smallest absolute Gasteiger partial charge is 0.481 e. The second-order valence-corrected chi connectivity index (χ2v) is 19.5. The van der Waals surface area contributed by atoms with Crippen LogP contribution in [-0.2, 0) is 61.9 Å². The number of rotatable bonds is 24. The van der Waals surface area contributed by atoms with Gasteiger partial charge >= 0.3 is 23.5 Å². The molecule has 8 atom stereocenters. The predicted octanol–water partition coefficient (Wildman–Crippen LogP) is -1.34. The van der Waals surface area contributed by atoms with Gasteiger partial charge < -0.3 is 60.8 Å². The van der Waals surface area contributed by atoms with Gasteiger partial charge in [-0.1, -0.05) is 55.9 Å². The topological polar surface area (TPSA) is 404 Å². The van der Waals surface area contributed by atoms with Crippen molar-refractivity contribution < 1.29 is 90.4 Å². The largest absolute Gasteiger partial charge is 0.550 e. The van der Waals surface area contributed by atoms with E-state index < -0.39 is 103 Å². The van der Waals surface area contributed by atoms with Crippen LogP contribution < -0.4 is 21.5 Å². The monoisotopic (exact) mass is 956 g/mol. The van der Waals surface area contributed by atoms with Crippen LogP contribution in [0.5, 0.6) is 0 Å². The molecule has 2 amide bonds. The van der Waals surface area contributed by atoms with Gasteiger partial charge in [0.05, 0.1) is 19.5 Å². The Balaban J connectivity index is 1.21. The second-order valence-electron chi connectivity index (χ2n) is 14.2. The average molecular weight is 957 g/mol. The molecule has 62 heavy (non-hydrogen) atoms. The lowest BCUT2D eigenvalue weighted by molar-refractivity contribution is -0.306. The lowest BCUT2D eigenvalue weighted by Crippen LogP contribution is -2.46. The van der Waals surface area contributed by atoms with E-state index in [0.717, 1.165) is 34.5 Å². The molecule has 0 aliphatic carbocycles. The van der Waals surface area contributed by atoms with Crippen LogP contribution >= 0.6 is 35.2 Å². The number of aliphatic hydroxyl groups is 2. The Morgan fingerprint density at radius 1 is 1.02 bits per heavy atom. The maximum absolute atomic E-state index is 12.7. The molecule has 3 unspecified atom stereocenters. The third-order valence-electron chi connectivity index (χ3n) is 8.82. The summed E-state index contributed by atoms with van der Waals surface area (Å²) in [4.78, 5) is 99.8. The first kappa shape index (κ1) is 50.9. The molecular formula is C32H45N7O19P3S-. The first-order valence-electron chi connectivity index (χ1n) is 18.2. The minimum atomic E-state index is -5.60. The lowest BCUT2D eigenvalue weighted by Gasteiger charge is -2.30. The van der Waals surface area contributed by atoms with Gasteiger partial charge in [-0.15, -0.1) is 0 Å². The number of carboxylic acids is 1. The molecule has 344 valence electrons. The Kier molecular flexibility index (Phi) is 17.9. The molecular weight excluding hydrogens is 911 g/mol. The van der Waals surface area contributed by atoms with Crippen LogP contribution in [-0.4, -0.2) is 129 Å². The molecule has 1 saturated heterocycles. The summed E-state index contributed by atoms with van der Waals surface area (Å²) in [5, 5.41) is 37.2. The highest BCUT2D eigenvalue weighted by atomic mass is 32.2. The zero-order valence-corrected chi connectivity index (χ0v) is 36.3. The molecule has 3 aromatic rings. The second kappa shape index (κ2) is 21.8. The average Bonchev–Trinajstić information content (AvgIpc) is 3.74. The van der Waals surface area contributed by atoms with Crippen LogP contribution in [0.4, 0.5) is 5.82 Å². The summed E-state index contributed by atoms with van der Waals surface area (Å²) in [5.41, 5.74) is 4.96. The van der Waals surface area contributed by atoms with Crippen molar-refractivity contribution in [3.63, 3.8) is 0 Å². The van der Waals surface area contributed by atoms with Gasteiger partial charge in [-0.25, -0.2) is 28.6 Å². The number of carboxylic acid groups (broad SMARTS) is 1. The molecule has 1 fully saturated rings. The Bertz CT molecular complexity index is 2200. The van der Waals surface area contributed by atoms with Crippen molar-refractivity contribution in [2.45, 2.75) is 63.8 Å².